The van der Waals surface area contributed by atoms with Gasteiger partial charge in [0.25, 0.3) is 0 Å². The minimum Gasteiger partial charge on any atom is -0.384 e. The number of carbonyl (C=O) groups excluding carboxylic acids is 1. The van der Waals surface area contributed by atoms with Crippen LogP contribution in [0.4, 0.5) is 5.82 Å². The van der Waals surface area contributed by atoms with E-state index in [-0.39, 0.29) is 11.8 Å². The largest absolute Gasteiger partial charge is 0.384 e. The first kappa shape index (κ1) is 8.04. The molecule has 1 amide bonds. The molecule has 1 aliphatic rings. The number of nitrogen functional groups attached to an aromatic ring is 1. The number of nitrogens with zero attached hydrogens (tertiary/aromatic N) is 1. The van der Waals surface area contributed by atoms with Crippen LogP contribution < -0.4 is 11.1 Å². The van der Waals surface area contributed by atoms with Crippen molar-refractivity contribution in [1.82, 2.24) is 10.3 Å². The first-order valence-electron chi connectivity index (χ1n) is 4.24. The topological polar surface area (TPSA) is 68.0 Å². The van der Waals surface area contributed by atoms with Gasteiger partial charge in [-0.25, -0.2) is 4.98 Å². The molecule has 0 aromatic carbocycles. The van der Waals surface area contributed by atoms with E-state index in [2.05, 4.69) is 10.3 Å². The molecule has 0 bridgehead atoms. The maximum absolute atomic E-state index is 10.9. The summed E-state index contributed by atoms with van der Waals surface area (Å²) in [5.41, 5.74) is 6.54. The summed E-state index contributed by atoms with van der Waals surface area (Å²) in [7, 11) is 0. The van der Waals surface area contributed by atoms with Gasteiger partial charge < -0.3 is 11.1 Å². The predicted molar refractivity (Wildman–Crippen MR) is 49.0 cm³/mol. The van der Waals surface area contributed by atoms with Crippen molar-refractivity contribution < 1.29 is 4.79 Å². The fourth-order valence-electron chi connectivity index (χ4n) is 1.50. The van der Waals surface area contributed by atoms with Crippen molar-refractivity contribution in [2.24, 2.45) is 0 Å². The molecule has 0 aliphatic carbocycles. The first-order valence-corrected chi connectivity index (χ1v) is 4.24. The number of aromatic nitrogens is 1. The Kier molecular flexibility index (Phi) is 1.88. The van der Waals surface area contributed by atoms with E-state index in [1.54, 1.807) is 12.3 Å². The number of carbonyl (C=O) groups is 1. The van der Waals surface area contributed by atoms with Gasteiger partial charge in [0.05, 0.1) is 0 Å². The van der Waals surface area contributed by atoms with Gasteiger partial charge in [0.2, 0.25) is 5.91 Å². The van der Waals surface area contributed by atoms with E-state index in [0.717, 1.165) is 5.56 Å². The highest BCUT2D eigenvalue weighted by molar-refractivity contribution is 5.79. The minimum absolute atomic E-state index is 0.113. The van der Waals surface area contributed by atoms with Crippen molar-refractivity contribution in [3.8, 4) is 0 Å². The number of anilines is 1. The zero-order chi connectivity index (χ0) is 9.26. The summed E-state index contributed by atoms with van der Waals surface area (Å²) < 4.78 is 0. The molecule has 68 valence electrons. The van der Waals surface area contributed by atoms with Gasteiger partial charge in [-0.2, -0.15) is 0 Å². The molecule has 1 aromatic rings. The van der Waals surface area contributed by atoms with Gasteiger partial charge in [0.15, 0.2) is 0 Å². The Hall–Kier alpha value is -1.58. The molecule has 13 heavy (non-hydrogen) atoms. The summed E-state index contributed by atoms with van der Waals surface area (Å²) in [6, 6.07) is 3.69. The molecule has 1 aliphatic heterocycles. The van der Waals surface area contributed by atoms with Gasteiger partial charge in [0, 0.05) is 25.1 Å². The van der Waals surface area contributed by atoms with Crippen molar-refractivity contribution in [3.63, 3.8) is 0 Å². The minimum atomic E-state index is 0.113. The molecule has 4 nitrogen and oxygen atoms in total. The van der Waals surface area contributed by atoms with Gasteiger partial charge in [-0.05, 0) is 11.6 Å². The van der Waals surface area contributed by atoms with Crippen molar-refractivity contribution in [3.05, 3.63) is 23.9 Å². The molecule has 1 atom stereocenters. The fourth-order valence-corrected chi connectivity index (χ4v) is 1.50. The van der Waals surface area contributed by atoms with Crippen LogP contribution in [0.5, 0.6) is 0 Å². The van der Waals surface area contributed by atoms with Crippen LogP contribution in [-0.4, -0.2) is 17.4 Å². The lowest BCUT2D eigenvalue weighted by Gasteiger charge is -2.06. The van der Waals surface area contributed by atoms with E-state index in [4.69, 9.17) is 5.73 Å². The van der Waals surface area contributed by atoms with Crippen LogP contribution in [-0.2, 0) is 4.79 Å². The molecule has 0 saturated carbocycles. The maximum Gasteiger partial charge on any atom is 0.220 e. The van der Waals surface area contributed by atoms with E-state index in [0.29, 0.717) is 18.8 Å². The van der Waals surface area contributed by atoms with Gasteiger partial charge in [-0.15, -0.1) is 0 Å². The zero-order valence-corrected chi connectivity index (χ0v) is 7.16. The third kappa shape index (κ3) is 1.61. The number of nitrogens with one attached hydrogen (secondary N) is 1. The number of rotatable bonds is 1. The molecule has 2 rings (SSSR count). The van der Waals surface area contributed by atoms with Gasteiger partial charge in [-0.1, -0.05) is 6.07 Å². The molecule has 3 N–H and O–H groups in total. The average molecular weight is 177 g/mol. The van der Waals surface area contributed by atoms with Crippen LogP contribution in [0, 0.1) is 0 Å². The number of amides is 1. The molecule has 1 saturated heterocycles. The van der Waals surface area contributed by atoms with Crippen LogP contribution in [0.25, 0.3) is 0 Å². The lowest BCUT2D eigenvalue weighted by Crippen LogP contribution is -2.13. The molecule has 1 aromatic heterocycles. The second-order valence-electron chi connectivity index (χ2n) is 3.22. The first-order chi connectivity index (χ1) is 6.25. The Morgan fingerprint density at radius 3 is 2.92 bits per heavy atom. The Labute approximate surface area is 76.2 Å². The molecular formula is C9H11N3O. The average Bonchev–Trinajstić information content (AvgIpc) is 2.53. The smallest absolute Gasteiger partial charge is 0.220 e. The Bertz CT molecular complexity index is 320. The number of hydrogen-bond donors (Lipinski definition) is 2. The summed E-state index contributed by atoms with van der Waals surface area (Å²) >= 11 is 0. The number of pyridine rings is 1. The van der Waals surface area contributed by atoms with Crippen LogP contribution in [0.15, 0.2) is 18.3 Å². The van der Waals surface area contributed by atoms with E-state index >= 15 is 0 Å². The summed E-state index contributed by atoms with van der Waals surface area (Å²) in [6.45, 7) is 0.713. The highest BCUT2D eigenvalue weighted by Gasteiger charge is 2.22. The monoisotopic (exact) mass is 177 g/mol. The highest BCUT2D eigenvalue weighted by Crippen LogP contribution is 2.22. The Morgan fingerprint density at radius 1 is 1.54 bits per heavy atom. The van der Waals surface area contributed by atoms with E-state index in [1.807, 2.05) is 6.07 Å². The zero-order valence-electron chi connectivity index (χ0n) is 7.16. The summed E-state index contributed by atoms with van der Waals surface area (Å²) in [6.07, 6.45) is 2.30. The third-order valence-corrected chi connectivity index (χ3v) is 2.26. The van der Waals surface area contributed by atoms with Crippen molar-refractivity contribution >= 4 is 11.7 Å². The lowest BCUT2D eigenvalue weighted by atomic mass is 10.0. The Morgan fingerprint density at radius 2 is 2.38 bits per heavy atom. The van der Waals surface area contributed by atoms with Gasteiger partial charge in [0.1, 0.15) is 5.82 Å². The van der Waals surface area contributed by atoms with Crippen molar-refractivity contribution in [2.75, 3.05) is 12.3 Å². The summed E-state index contributed by atoms with van der Waals surface area (Å²) in [4.78, 5) is 14.9. The van der Waals surface area contributed by atoms with Crippen LogP contribution in [0.1, 0.15) is 17.9 Å². The molecule has 2 heterocycles. The lowest BCUT2D eigenvalue weighted by molar-refractivity contribution is -0.119. The molecule has 1 fully saturated rings. The summed E-state index contributed by atoms with van der Waals surface area (Å²) in [5, 5.41) is 2.78. The molecule has 0 unspecified atom stereocenters. The van der Waals surface area contributed by atoms with Crippen LogP contribution in [0.3, 0.4) is 0 Å². The fraction of sp³-hybridized carbons (Fsp3) is 0.333. The molecule has 0 spiro atoms. The van der Waals surface area contributed by atoms with Crippen molar-refractivity contribution in [2.45, 2.75) is 12.3 Å². The normalized spacial score (nSPS) is 21.5. The molecular weight excluding hydrogens is 166 g/mol. The molecule has 4 heteroatoms. The second-order valence-corrected chi connectivity index (χ2v) is 3.22. The Balaban J connectivity index is 2.17. The van der Waals surface area contributed by atoms with E-state index in [9.17, 15) is 4.79 Å². The standard InChI is InChI=1S/C9H11N3O/c10-8-2-1-6(4-11-8)7-3-9(13)12-5-7/h1-2,4,7H,3,5H2,(H2,10,11)(H,12,13)/t7-/m0/s1. The van der Waals surface area contributed by atoms with Crippen LogP contribution >= 0.6 is 0 Å². The SMILES string of the molecule is Nc1ccc([C@@H]2CNC(=O)C2)cn1. The number of nitrogens with two attached hydrogens (primary N) is 1. The van der Waals surface area contributed by atoms with E-state index in [1.165, 1.54) is 0 Å². The van der Waals surface area contributed by atoms with Crippen molar-refractivity contribution in [1.29, 1.82) is 0 Å². The quantitative estimate of drug-likeness (QED) is 0.646. The number of hydrogen-bond acceptors (Lipinski definition) is 3. The molecule has 0 radical (unpaired) electrons. The predicted octanol–water partition coefficient (Wildman–Crippen LogP) is 0.267. The van der Waals surface area contributed by atoms with Gasteiger partial charge in [-0.3, -0.25) is 4.79 Å². The maximum atomic E-state index is 10.9. The highest BCUT2D eigenvalue weighted by atomic mass is 16.1. The summed E-state index contributed by atoms with van der Waals surface area (Å²) in [5.74, 6) is 0.892. The van der Waals surface area contributed by atoms with Gasteiger partial charge >= 0.3 is 0 Å². The second kappa shape index (κ2) is 3.05. The van der Waals surface area contributed by atoms with Crippen LogP contribution in [0.2, 0.25) is 0 Å². The third-order valence-electron chi connectivity index (χ3n) is 2.26. The van der Waals surface area contributed by atoms with E-state index < -0.39 is 0 Å².